The van der Waals surface area contributed by atoms with Gasteiger partial charge in [-0.05, 0) is 42.8 Å². The quantitative estimate of drug-likeness (QED) is 0.619. The summed E-state index contributed by atoms with van der Waals surface area (Å²) in [6, 6.07) is 15.4. The molecule has 3 rings (SSSR count). The zero-order valence-corrected chi connectivity index (χ0v) is 13.5. The molecule has 0 spiro atoms. The number of hydrogen-bond acceptors (Lipinski definition) is 5. The largest absolute Gasteiger partial charge is 0.481 e. The van der Waals surface area contributed by atoms with Crippen LogP contribution in [0.4, 0.5) is 5.69 Å². The summed E-state index contributed by atoms with van der Waals surface area (Å²) in [4.78, 5) is 25.3. The lowest BCUT2D eigenvalue weighted by Gasteiger charge is -2.15. The van der Waals surface area contributed by atoms with Crippen molar-refractivity contribution in [2.75, 3.05) is 18.1 Å². The summed E-state index contributed by atoms with van der Waals surface area (Å²) in [5, 5.41) is 8.98. The van der Waals surface area contributed by atoms with Crippen molar-refractivity contribution in [1.29, 1.82) is 5.26 Å². The molecule has 0 radical (unpaired) electrons. The molecule has 0 bridgehead atoms. The second-order valence-corrected chi connectivity index (χ2v) is 5.51. The van der Waals surface area contributed by atoms with Crippen LogP contribution in [0, 0.1) is 11.3 Å². The number of ether oxygens (including phenoxy) is 2. The Hall–Kier alpha value is -3.33. The number of nitrogens with zero attached hydrogens (tertiary/aromatic N) is 2. The fraction of sp³-hybridized carbons (Fsp3) is 0.211. The molecule has 1 fully saturated rings. The summed E-state index contributed by atoms with van der Waals surface area (Å²) in [6.45, 7) is 0.412. The molecule has 2 aromatic carbocycles. The van der Waals surface area contributed by atoms with Gasteiger partial charge in [-0.2, -0.15) is 5.26 Å². The van der Waals surface area contributed by atoms with Gasteiger partial charge in [0.25, 0.3) is 0 Å². The molecule has 1 heterocycles. The van der Waals surface area contributed by atoms with Crippen LogP contribution in [0.2, 0.25) is 0 Å². The van der Waals surface area contributed by atoms with E-state index < -0.39 is 5.97 Å². The smallest absolute Gasteiger partial charge is 0.349 e. The fourth-order valence-electron chi connectivity index (χ4n) is 2.60. The highest BCUT2D eigenvalue weighted by Crippen LogP contribution is 2.24. The van der Waals surface area contributed by atoms with E-state index in [1.165, 1.54) is 0 Å². The lowest BCUT2D eigenvalue weighted by Crippen LogP contribution is -2.23. The van der Waals surface area contributed by atoms with Gasteiger partial charge in [-0.15, -0.1) is 0 Å². The van der Waals surface area contributed by atoms with Crippen LogP contribution in [-0.4, -0.2) is 25.0 Å². The van der Waals surface area contributed by atoms with Crippen molar-refractivity contribution in [3.05, 3.63) is 54.1 Å². The molecular formula is C19H16N2O4. The lowest BCUT2D eigenvalue weighted by molar-refractivity contribution is -0.136. The number of rotatable bonds is 5. The first-order valence-electron chi connectivity index (χ1n) is 7.90. The second-order valence-electron chi connectivity index (χ2n) is 5.51. The number of anilines is 1. The molecule has 25 heavy (non-hydrogen) atoms. The van der Waals surface area contributed by atoms with Gasteiger partial charge in [0.15, 0.2) is 6.61 Å². The van der Waals surface area contributed by atoms with Crippen molar-refractivity contribution >= 4 is 17.6 Å². The van der Waals surface area contributed by atoms with Gasteiger partial charge in [0.2, 0.25) is 5.91 Å². The third kappa shape index (κ3) is 3.96. The predicted octanol–water partition coefficient (Wildman–Crippen LogP) is 2.67. The molecule has 0 unspecified atom stereocenters. The van der Waals surface area contributed by atoms with Gasteiger partial charge in [0.05, 0.1) is 5.56 Å². The van der Waals surface area contributed by atoms with Crippen molar-refractivity contribution in [2.24, 2.45) is 0 Å². The minimum absolute atomic E-state index is 0.106. The monoisotopic (exact) mass is 336 g/mol. The Balaban J connectivity index is 1.56. The number of carbonyl (C=O) groups is 2. The van der Waals surface area contributed by atoms with Crippen molar-refractivity contribution in [3.8, 4) is 17.6 Å². The van der Waals surface area contributed by atoms with Gasteiger partial charge in [0, 0.05) is 18.7 Å². The molecule has 2 aromatic rings. The highest BCUT2D eigenvalue weighted by atomic mass is 16.6. The minimum atomic E-state index is -0.572. The average molecular weight is 336 g/mol. The molecule has 0 saturated carbocycles. The Kier molecular flexibility index (Phi) is 4.95. The van der Waals surface area contributed by atoms with Gasteiger partial charge in [0.1, 0.15) is 17.6 Å². The van der Waals surface area contributed by atoms with E-state index in [-0.39, 0.29) is 12.5 Å². The van der Waals surface area contributed by atoms with E-state index in [0.717, 1.165) is 12.1 Å². The summed E-state index contributed by atoms with van der Waals surface area (Å²) in [6.07, 6.45) is 1.43. The van der Waals surface area contributed by atoms with Crippen LogP contribution < -0.4 is 14.4 Å². The number of benzene rings is 2. The molecule has 1 aliphatic heterocycles. The third-order valence-corrected chi connectivity index (χ3v) is 3.81. The van der Waals surface area contributed by atoms with Crippen molar-refractivity contribution in [1.82, 2.24) is 0 Å². The standard InChI is InChI=1S/C19H16N2O4/c20-12-14-4-1-2-5-17(14)24-13-19(23)25-16-9-7-15(8-10-16)21-11-3-6-18(21)22/h1-2,4-5,7-10H,3,6,11,13H2. The number of esters is 1. The Morgan fingerprint density at radius 2 is 1.92 bits per heavy atom. The normalized spacial score (nSPS) is 13.4. The van der Waals surface area contributed by atoms with E-state index in [1.807, 2.05) is 6.07 Å². The van der Waals surface area contributed by atoms with Crippen molar-refractivity contribution < 1.29 is 19.1 Å². The van der Waals surface area contributed by atoms with Crippen LogP contribution in [0.15, 0.2) is 48.5 Å². The van der Waals surface area contributed by atoms with Gasteiger partial charge in [-0.25, -0.2) is 4.79 Å². The highest BCUT2D eigenvalue weighted by Gasteiger charge is 2.21. The van der Waals surface area contributed by atoms with Crippen LogP contribution in [-0.2, 0) is 9.59 Å². The molecule has 6 nitrogen and oxygen atoms in total. The van der Waals surface area contributed by atoms with Crippen molar-refractivity contribution in [3.63, 3.8) is 0 Å². The minimum Gasteiger partial charge on any atom is -0.481 e. The van der Waals surface area contributed by atoms with Crippen LogP contribution in [0.25, 0.3) is 0 Å². The summed E-state index contributed by atoms with van der Waals surface area (Å²) < 4.78 is 10.5. The van der Waals surface area contributed by atoms with E-state index in [2.05, 4.69) is 0 Å². The summed E-state index contributed by atoms with van der Waals surface area (Å²) in [7, 11) is 0. The molecule has 1 saturated heterocycles. The maximum absolute atomic E-state index is 11.9. The first-order valence-corrected chi connectivity index (χ1v) is 7.90. The van der Waals surface area contributed by atoms with Gasteiger partial charge >= 0.3 is 5.97 Å². The zero-order chi connectivity index (χ0) is 17.6. The van der Waals surface area contributed by atoms with E-state index in [0.29, 0.717) is 30.0 Å². The van der Waals surface area contributed by atoms with Crippen LogP contribution in [0.3, 0.4) is 0 Å². The molecule has 0 N–H and O–H groups in total. The summed E-state index contributed by atoms with van der Waals surface area (Å²) in [5.41, 5.74) is 1.15. The van der Waals surface area contributed by atoms with E-state index in [9.17, 15) is 9.59 Å². The number of hydrogen-bond donors (Lipinski definition) is 0. The number of amides is 1. The summed E-state index contributed by atoms with van der Waals surface area (Å²) in [5.74, 6) is 0.245. The van der Waals surface area contributed by atoms with Crippen molar-refractivity contribution in [2.45, 2.75) is 12.8 Å². The van der Waals surface area contributed by atoms with Gasteiger partial charge < -0.3 is 14.4 Å². The Morgan fingerprint density at radius 3 is 2.60 bits per heavy atom. The van der Waals surface area contributed by atoms with E-state index >= 15 is 0 Å². The second kappa shape index (κ2) is 7.49. The molecule has 0 aromatic heterocycles. The number of para-hydroxylation sites is 1. The molecule has 0 aliphatic carbocycles. The maximum Gasteiger partial charge on any atom is 0.349 e. The molecule has 1 amide bonds. The van der Waals surface area contributed by atoms with Crippen LogP contribution in [0.1, 0.15) is 18.4 Å². The topological polar surface area (TPSA) is 79.6 Å². The number of carbonyl (C=O) groups excluding carboxylic acids is 2. The Bertz CT molecular complexity index is 824. The Labute approximate surface area is 145 Å². The summed E-state index contributed by atoms with van der Waals surface area (Å²) >= 11 is 0. The average Bonchev–Trinajstić information content (AvgIpc) is 3.07. The third-order valence-electron chi connectivity index (χ3n) is 3.81. The lowest BCUT2D eigenvalue weighted by atomic mass is 10.2. The molecule has 6 heteroatoms. The molecule has 1 aliphatic rings. The fourth-order valence-corrected chi connectivity index (χ4v) is 2.60. The van der Waals surface area contributed by atoms with E-state index in [1.54, 1.807) is 53.4 Å². The molecule has 126 valence electrons. The first kappa shape index (κ1) is 16.5. The molecular weight excluding hydrogens is 320 g/mol. The number of nitriles is 1. The van der Waals surface area contributed by atoms with Gasteiger partial charge in [-0.1, -0.05) is 12.1 Å². The van der Waals surface area contributed by atoms with Gasteiger partial charge in [-0.3, -0.25) is 4.79 Å². The Morgan fingerprint density at radius 1 is 1.16 bits per heavy atom. The zero-order valence-electron chi connectivity index (χ0n) is 13.5. The van der Waals surface area contributed by atoms with E-state index in [4.69, 9.17) is 14.7 Å². The highest BCUT2D eigenvalue weighted by molar-refractivity contribution is 5.95. The maximum atomic E-state index is 11.9. The molecule has 0 atom stereocenters. The first-order chi connectivity index (χ1) is 12.2. The van der Waals surface area contributed by atoms with Crippen LogP contribution in [0.5, 0.6) is 11.5 Å². The SMILES string of the molecule is N#Cc1ccccc1OCC(=O)Oc1ccc(N2CCCC2=O)cc1. The van der Waals surface area contributed by atoms with Crippen LogP contribution >= 0.6 is 0 Å². The predicted molar refractivity (Wildman–Crippen MR) is 90.3 cm³/mol.